The molecule has 0 amide bonds. The molecule has 0 aromatic carbocycles. The highest BCUT2D eigenvalue weighted by molar-refractivity contribution is 5.75. The Labute approximate surface area is 65.8 Å². The van der Waals surface area contributed by atoms with Crippen LogP contribution in [0.1, 0.15) is 13.8 Å². The van der Waals surface area contributed by atoms with Crippen LogP contribution >= 0.6 is 0 Å². The van der Waals surface area contributed by atoms with Gasteiger partial charge in [-0.15, -0.1) is 0 Å². The molecule has 0 spiro atoms. The summed E-state index contributed by atoms with van der Waals surface area (Å²) in [5.74, 6) is 0.284. The molecule has 1 heterocycles. The second-order valence-electron chi connectivity index (χ2n) is 4.18. The number of fused-ring (bicyclic) bond motifs is 1. The largest absolute Gasteiger partial charge is 0.480 e. The Bertz CT molecular complexity index is 212. The van der Waals surface area contributed by atoms with Crippen molar-refractivity contribution in [2.24, 2.45) is 17.3 Å². The molecule has 3 heteroatoms. The molecule has 1 aliphatic carbocycles. The predicted octanol–water partition coefficient (Wildman–Crippen LogP) is 0.315. The van der Waals surface area contributed by atoms with E-state index in [2.05, 4.69) is 19.2 Å². The Kier molecular flexibility index (Phi) is 1.15. The minimum absolute atomic E-state index is 0.272. The van der Waals surface area contributed by atoms with Gasteiger partial charge >= 0.3 is 5.97 Å². The van der Waals surface area contributed by atoms with Gasteiger partial charge in [0, 0.05) is 0 Å². The Morgan fingerprint density at radius 1 is 1.64 bits per heavy atom. The number of nitrogens with one attached hydrogen (secondary N) is 1. The normalized spacial score (nSPS) is 45.1. The van der Waals surface area contributed by atoms with E-state index in [0.29, 0.717) is 11.8 Å². The fourth-order valence-electron chi connectivity index (χ4n) is 2.46. The molecule has 2 rings (SSSR count). The molecule has 3 nitrogen and oxygen atoms in total. The maximum absolute atomic E-state index is 10.7. The third-order valence-electron chi connectivity index (χ3n) is 3.32. The molecule has 62 valence electrons. The average Bonchev–Trinajstić information content (AvgIpc) is 2.34. The van der Waals surface area contributed by atoms with Gasteiger partial charge in [-0.2, -0.15) is 0 Å². The van der Waals surface area contributed by atoms with Crippen LogP contribution in [0.4, 0.5) is 0 Å². The molecule has 2 fully saturated rings. The van der Waals surface area contributed by atoms with Crippen molar-refractivity contribution < 1.29 is 9.90 Å². The standard InChI is InChI=1S/C8H13NO2/c1-8(2)4-3-9-6(5(4)8)7(10)11/h4-6,9H,3H2,1-2H3,(H,10,11)/t4-,5?,6-/m0/s1. The van der Waals surface area contributed by atoms with Crippen LogP contribution in [0.15, 0.2) is 0 Å². The summed E-state index contributed by atoms with van der Waals surface area (Å²) in [4.78, 5) is 10.7. The predicted molar refractivity (Wildman–Crippen MR) is 40.2 cm³/mol. The lowest BCUT2D eigenvalue weighted by Gasteiger charge is -2.14. The summed E-state index contributed by atoms with van der Waals surface area (Å²) < 4.78 is 0. The quantitative estimate of drug-likeness (QED) is 0.573. The molecular weight excluding hydrogens is 142 g/mol. The Morgan fingerprint density at radius 2 is 2.27 bits per heavy atom. The van der Waals surface area contributed by atoms with Crippen LogP contribution in [-0.4, -0.2) is 23.7 Å². The topological polar surface area (TPSA) is 49.3 Å². The molecule has 1 saturated carbocycles. The summed E-state index contributed by atoms with van der Waals surface area (Å²) >= 11 is 0. The lowest BCUT2D eigenvalue weighted by Crippen LogP contribution is -2.37. The van der Waals surface area contributed by atoms with Crippen LogP contribution in [0.3, 0.4) is 0 Å². The van der Waals surface area contributed by atoms with Crippen LogP contribution < -0.4 is 5.32 Å². The van der Waals surface area contributed by atoms with Gasteiger partial charge in [0.2, 0.25) is 0 Å². The zero-order chi connectivity index (χ0) is 8.22. The highest BCUT2D eigenvalue weighted by Crippen LogP contribution is 2.62. The lowest BCUT2D eigenvalue weighted by molar-refractivity contribution is -0.139. The van der Waals surface area contributed by atoms with Gasteiger partial charge in [0.05, 0.1) is 0 Å². The molecular formula is C8H13NO2. The zero-order valence-electron chi connectivity index (χ0n) is 6.79. The van der Waals surface area contributed by atoms with E-state index in [9.17, 15) is 4.79 Å². The Morgan fingerprint density at radius 3 is 2.55 bits per heavy atom. The Balaban J connectivity index is 2.13. The van der Waals surface area contributed by atoms with E-state index >= 15 is 0 Å². The van der Waals surface area contributed by atoms with Crippen LogP contribution in [0.25, 0.3) is 0 Å². The van der Waals surface area contributed by atoms with Crippen LogP contribution in [-0.2, 0) is 4.79 Å². The van der Waals surface area contributed by atoms with E-state index in [-0.39, 0.29) is 11.5 Å². The molecule has 2 aliphatic rings. The molecule has 0 aromatic heterocycles. The van der Waals surface area contributed by atoms with Gasteiger partial charge in [0.15, 0.2) is 0 Å². The highest BCUT2D eigenvalue weighted by Gasteiger charge is 2.65. The maximum atomic E-state index is 10.7. The average molecular weight is 155 g/mol. The molecule has 11 heavy (non-hydrogen) atoms. The monoisotopic (exact) mass is 155 g/mol. The number of carboxylic acids is 1. The molecule has 3 atom stereocenters. The number of hydrogen-bond acceptors (Lipinski definition) is 2. The van der Waals surface area contributed by atoms with Crippen molar-refractivity contribution in [3.8, 4) is 0 Å². The van der Waals surface area contributed by atoms with Crippen LogP contribution in [0.5, 0.6) is 0 Å². The molecule has 0 radical (unpaired) electrons. The number of piperidine rings is 1. The second-order valence-corrected chi connectivity index (χ2v) is 4.18. The van der Waals surface area contributed by atoms with Crippen molar-refractivity contribution >= 4 is 5.97 Å². The van der Waals surface area contributed by atoms with Gasteiger partial charge in [-0.3, -0.25) is 4.79 Å². The summed E-state index contributed by atoms with van der Waals surface area (Å²) in [5.41, 5.74) is 0.272. The SMILES string of the molecule is CC1(C)C2[C@@H](C(=O)O)NC[C@@H]21. The number of carboxylic acid groups (broad SMARTS) is 1. The fraction of sp³-hybridized carbons (Fsp3) is 0.875. The van der Waals surface area contributed by atoms with E-state index in [1.54, 1.807) is 0 Å². The number of rotatable bonds is 1. The minimum atomic E-state index is -0.692. The van der Waals surface area contributed by atoms with Crippen molar-refractivity contribution in [2.75, 3.05) is 6.54 Å². The van der Waals surface area contributed by atoms with Crippen molar-refractivity contribution in [3.05, 3.63) is 0 Å². The minimum Gasteiger partial charge on any atom is -0.480 e. The van der Waals surface area contributed by atoms with Gasteiger partial charge in [-0.25, -0.2) is 0 Å². The van der Waals surface area contributed by atoms with Crippen LogP contribution in [0, 0.1) is 17.3 Å². The molecule has 1 unspecified atom stereocenters. The van der Waals surface area contributed by atoms with Gasteiger partial charge in [0.1, 0.15) is 6.04 Å². The summed E-state index contributed by atoms with van der Waals surface area (Å²) in [5, 5.41) is 11.8. The van der Waals surface area contributed by atoms with E-state index in [1.807, 2.05) is 0 Å². The number of aliphatic carboxylic acids is 1. The smallest absolute Gasteiger partial charge is 0.321 e. The van der Waals surface area contributed by atoms with Gasteiger partial charge in [0.25, 0.3) is 0 Å². The van der Waals surface area contributed by atoms with Crippen molar-refractivity contribution in [2.45, 2.75) is 19.9 Å². The van der Waals surface area contributed by atoms with E-state index in [4.69, 9.17) is 5.11 Å². The summed E-state index contributed by atoms with van der Waals surface area (Å²) in [6, 6.07) is -0.282. The first-order chi connectivity index (χ1) is 5.05. The zero-order valence-corrected chi connectivity index (χ0v) is 6.79. The first-order valence-electron chi connectivity index (χ1n) is 4.01. The molecule has 0 aromatic rings. The lowest BCUT2D eigenvalue weighted by atomic mass is 10.0. The van der Waals surface area contributed by atoms with Crippen molar-refractivity contribution in [1.82, 2.24) is 5.32 Å². The summed E-state index contributed by atoms with van der Waals surface area (Å²) in [6.07, 6.45) is 0. The third-order valence-corrected chi connectivity index (χ3v) is 3.32. The highest BCUT2D eigenvalue weighted by atomic mass is 16.4. The number of hydrogen-bond donors (Lipinski definition) is 2. The van der Waals surface area contributed by atoms with E-state index in [0.717, 1.165) is 6.54 Å². The molecule has 1 saturated heterocycles. The fourth-order valence-corrected chi connectivity index (χ4v) is 2.46. The first kappa shape index (κ1) is 7.10. The first-order valence-corrected chi connectivity index (χ1v) is 4.01. The van der Waals surface area contributed by atoms with E-state index in [1.165, 1.54) is 0 Å². The molecule has 2 N–H and O–H groups in total. The third kappa shape index (κ3) is 0.745. The van der Waals surface area contributed by atoms with E-state index < -0.39 is 5.97 Å². The molecule has 1 aliphatic heterocycles. The van der Waals surface area contributed by atoms with Gasteiger partial charge < -0.3 is 10.4 Å². The van der Waals surface area contributed by atoms with Crippen LogP contribution in [0.2, 0.25) is 0 Å². The Hall–Kier alpha value is -0.570. The number of carbonyl (C=O) groups is 1. The van der Waals surface area contributed by atoms with Crippen molar-refractivity contribution in [3.63, 3.8) is 0 Å². The van der Waals surface area contributed by atoms with Gasteiger partial charge in [-0.05, 0) is 23.8 Å². The maximum Gasteiger partial charge on any atom is 0.321 e. The van der Waals surface area contributed by atoms with Crippen molar-refractivity contribution in [1.29, 1.82) is 0 Å². The van der Waals surface area contributed by atoms with Gasteiger partial charge in [-0.1, -0.05) is 13.8 Å². The second kappa shape index (κ2) is 1.78. The summed E-state index contributed by atoms with van der Waals surface area (Å²) in [6.45, 7) is 5.19. The summed E-state index contributed by atoms with van der Waals surface area (Å²) in [7, 11) is 0. The molecule has 0 bridgehead atoms.